The van der Waals surface area contributed by atoms with Gasteiger partial charge in [0.2, 0.25) is 11.8 Å². The fraction of sp³-hybridized carbons (Fsp3) is 0.467. The Hall–Kier alpha value is -1.88. The molecule has 1 aliphatic heterocycles. The van der Waals surface area contributed by atoms with Crippen molar-refractivity contribution in [1.82, 2.24) is 10.2 Å². The van der Waals surface area contributed by atoms with Crippen LogP contribution in [0.1, 0.15) is 18.9 Å². The van der Waals surface area contributed by atoms with Gasteiger partial charge in [0.25, 0.3) is 0 Å². The Bertz CT molecular complexity index is 502. The first-order valence-electron chi connectivity index (χ1n) is 6.95. The second-order valence-electron chi connectivity index (χ2n) is 5.10. The SMILES string of the molecule is CCNCc1ccccc1NC(=O)C1CC(=O)N(C)C1. The van der Waals surface area contributed by atoms with Crippen molar-refractivity contribution in [2.75, 3.05) is 25.5 Å². The molecule has 1 aliphatic rings. The van der Waals surface area contributed by atoms with Gasteiger partial charge in [0.15, 0.2) is 0 Å². The molecule has 1 heterocycles. The highest BCUT2D eigenvalue weighted by Crippen LogP contribution is 2.20. The van der Waals surface area contributed by atoms with E-state index >= 15 is 0 Å². The number of para-hydroxylation sites is 1. The summed E-state index contributed by atoms with van der Waals surface area (Å²) in [6.45, 7) is 4.14. The highest BCUT2D eigenvalue weighted by atomic mass is 16.2. The summed E-state index contributed by atoms with van der Waals surface area (Å²) in [7, 11) is 1.73. The number of nitrogens with zero attached hydrogens (tertiary/aromatic N) is 1. The van der Waals surface area contributed by atoms with Crippen LogP contribution in [-0.2, 0) is 16.1 Å². The molecule has 0 spiro atoms. The van der Waals surface area contributed by atoms with Crippen molar-refractivity contribution in [1.29, 1.82) is 0 Å². The largest absolute Gasteiger partial charge is 0.345 e. The molecule has 2 N–H and O–H groups in total. The molecule has 0 aliphatic carbocycles. The standard InChI is InChI=1S/C15H21N3O2/c1-3-16-9-11-6-4-5-7-13(11)17-15(20)12-8-14(19)18(2)10-12/h4-7,12,16H,3,8-10H2,1-2H3,(H,17,20). The number of anilines is 1. The Balaban J connectivity index is 2.02. The Kier molecular flexibility index (Phi) is 4.74. The number of hydrogen-bond donors (Lipinski definition) is 2. The second-order valence-corrected chi connectivity index (χ2v) is 5.10. The van der Waals surface area contributed by atoms with Crippen LogP contribution in [0.2, 0.25) is 0 Å². The number of benzene rings is 1. The van der Waals surface area contributed by atoms with Crippen LogP contribution in [0.4, 0.5) is 5.69 Å². The number of hydrogen-bond acceptors (Lipinski definition) is 3. The second kappa shape index (κ2) is 6.52. The summed E-state index contributed by atoms with van der Waals surface area (Å²) in [4.78, 5) is 25.3. The topological polar surface area (TPSA) is 61.4 Å². The van der Waals surface area contributed by atoms with Crippen molar-refractivity contribution in [3.8, 4) is 0 Å². The fourth-order valence-corrected chi connectivity index (χ4v) is 2.33. The lowest BCUT2D eigenvalue weighted by molar-refractivity contribution is -0.127. The molecule has 1 atom stereocenters. The molecule has 0 bridgehead atoms. The van der Waals surface area contributed by atoms with E-state index in [4.69, 9.17) is 0 Å². The van der Waals surface area contributed by atoms with Gasteiger partial charge in [0.05, 0.1) is 5.92 Å². The molecule has 108 valence electrons. The minimum Gasteiger partial charge on any atom is -0.345 e. The van der Waals surface area contributed by atoms with E-state index in [1.165, 1.54) is 0 Å². The number of amides is 2. The lowest BCUT2D eigenvalue weighted by atomic mass is 10.1. The van der Waals surface area contributed by atoms with Crippen LogP contribution < -0.4 is 10.6 Å². The fourth-order valence-electron chi connectivity index (χ4n) is 2.33. The van der Waals surface area contributed by atoms with Gasteiger partial charge < -0.3 is 15.5 Å². The maximum Gasteiger partial charge on any atom is 0.229 e. The summed E-state index contributed by atoms with van der Waals surface area (Å²) in [6, 6.07) is 7.74. The summed E-state index contributed by atoms with van der Waals surface area (Å²) in [6.07, 6.45) is 0.303. The molecule has 0 saturated carbocycles. The first-order valence-corrected chi connectivity index (χ1v) is 6.95. The lowest BCUT2D eigenvalue weighted by Gasteiger charge is -2.14. The van der Waals surface area contributed by atoms with Crippen molar-refractivity contribution in [2.45, 2.75) is 19.9 Å². The van der Waals surface area contributed by atoms with Gasteiger partial charge in [-0.1, -0.05) is 25.1 Å². The molecule has 0 aromatic heterocycles. The molecule has 1 aromatic carbocycles. The molecule has 2 amide bonds. The molecule has 5 nitrogen and oxygen atoms in total. The number of nitrogens with one attached hydrogen (secondary N) is 2. The third-order valence-electron chi connectivity index (χ3n) is 3.55. The van der Waals surface area contributed by atoms with Crippen molar-refractivity contribution >= 4 is 17.5 Å². The van der Waals surface area contributed by atoms with Crippen LogP contribution in [0.25, 0.3) is 0 Å². The molecule has 1 unspecified atom stereocenters. The number of carbonyl (C=O) groups excluding carboxylic acids is 2. The summed E-state index contributed by atoms with van der Waals surface area (Å²) in [5, 5.41) is 6.19. The van der Waals surface area contributed by atoms with Gasteiger partial charge in [0, 0.05) is 32.2 Å². The van der Waals surface area contributed by atoms with Gasteiger partial charge >= 0.3 is 0 Å². The van der Waals surface area contributed by atoms with Crippen molar-refractivity contribution in [3.05, 3.63) is 29.8 Å². The highest BCUT2D eigenvalue weighted by molar-refractivity contribution is 5.97. The zero-order valence-electron chi connectivity index (χ0n) is 12.0. The first-order chi connectivity index (χ1) is 9.61. The van der Waals surface area contributed by atoms with Gasteiger partial charge in [-0.3, -0.25) is 9.59 Å². The third-order valence-corrected chi connectivity index (χ3v) is 3.55. The minimum atomic E-state index is -0.250. The van der Waals surface area contributed by atoms with Crippen molar-refractivity contribution in [3.63, 3.8) is 0 Å². The predicted octanol–water partition coefficient (Wildman–Crippen LogP) is 1.21. The van der Waals surface area contributed by atoms with E-state index in [0.717, 1.165) is 24.3 Å². The van der Waals surface area contributed by atoms with Crippen LogP contribution in [0.15, 0.2) is 24.3 Å². The lowest BCUT2D eigenvalue weighted by Crippen LogP contribution is -2.26. The molecule has 0 radical (unpaired) electrons. The Labute approximate surface area is 119 Å². The van der Waals surface area contributed by atoms with E-state index in [2.05, 4.69) is 10.6 Å². The summed E-state index contributed by atoms with van der Waals surface area (Å²) in [5.41, 5.74) is 1.88. The normalized spacial score (nSPS) is 18.4. The molecule has 2 rings (SSSR count). The zero-order chi connectivity index (χ0) is 14.5. The summed E-state index contributed by atoms with van der Waals surface area (Å²) in [5.74, 6) is -0.294. The van der Waals surface area contributed by atoms with Gasteiger partial charge in [-0.05, 0) is 18.2 Å². The van der Waals surface area contributed by atoms with Crippen molar-refractivity contribution < 1.29 is 9.59 Å². The van der Waals surface area contributed by atoms with Gasteiger partial charge in [-0.15, -0.1) is 0 Å². The van der Waals surface area contributed by atoms with Gasteiger partial charge in [-0.25, -0.2) is 0 Å². The summed E-state index contributed by atoms with van der Waals surface area (Å²) < 4.78 is 0. The monoisotopic (exact) mass is 275 g/mol. The zero-order valence-corrected chi connectivity index (χ0v) is 12.0. The van der Waals surface area contributed by atoms with Crippen LogP contribution in [0, 0.1) is 5.92 Å². The quantitative estimate of drug-likeness (QED) is 0.849. The Morgan fingerprint density at radius 2 is 2.15 bits per heavy atom. The van der Waals surface area contributed by atoms with Gasteiger partial charge in [-0.2, -0.15) is 0 Å². The van der Waals surface area contributed by atoms with E-state index in [0.29, 0.717) is 13.0 Å². The predicted molar refractivity (Wildman–Crippen MR) is 78.2 cm³/mol. The molecular formula is C15H21N3O2. The van der Waals surface area contributed by atoms with Crippen LogP contribution in [0.5, 0.6) is 0 Å². The molecule has 1 aromatic rings. The van der Waals surface area contributed by atoms with E-state index in [1.54, 1.807) is 11.9 Å². The molecular weight excluding hydrogens is 254 g/mol. The molecule has 20 heavy (non-hydrogen) atoms. The van der Waals surface area contributed by atoms with Crippen LogP contribution >= 0.6 is 0 Å². The maximum absolute atomic E-state index is 12.2. The average Bonchev–Trinajstić information content (AvgIpc) is 2.78. The number of likely N-dealkylation sites (tertiary alicyclic amines) is 1. The van der Waals surface area contributed by atoms with E-state index in [9.17, 15) is 9.59 Å². The van der Waals surface area contributed by atoms with E-state index < -0.39 is 0 Å². The van der Waals surface area contributed by atoms with E-state index in [-0.39, 0.29) is 17.7 Å². The summed E-state index contributed by atoms with van der Waals surface area (Å²) >= 11 is 0. The Morgan fingerprint density at radius 1 is 1.40 bits per heavy atom. The first kappa shape index (κ1) is 14.5. The van der Waals surface area contributed by atoms with Crippen LogP contribution in [-0.4, -0.2) is 36.9 Å². The molecule has 1 fully saturated rings. The third kappa shape index (κ3) is 3.36. The van der Waals surface area contributed by atoms with Gasteiger partial charge in [0.1, 0.15) is 0 Å². The molecule has 5 heteroatoms. The van der Waals surface area contributed by atoms with Crippen LogP contribution in [0.3, 0.4) is 0 Å². The molecule has 1 saturated heterocycles. The van der Waals surface area contributed by atoms with E-state index in [1.807, 2.05) is 31.2 Å². The number of carbonyl (C=O) groups is 2. The highest BCUT2D eigenvalue weighted by Gasteiger charge is 2.32. The minimum absolute atomic E-state index is 0.0334. The smallest absolute Gasteiger partial charge is 0.229 e. The Morgan fingerprint density at radius 3 is 2.80 bits per heavy atom. The van der Waals surface area contributed by atoms with Crippen molar-refractivity contribution in [2.24, 2.45) is 5.92 Å². The number of rotatable bonds is 5. The maximum atomic E-state index is 12.2. The average molecular weight is 275 g/mol.